The van der Waals surface area contributed by atoms with E-state index < -0.39 is 22.2 Å². The lowest BCUT2D eigenvalue weighted by Crippen LogP contribution is -1.98. The van der Waals surface area contributed by atoms with Crippen molar-refractivity contribution in [1.82, 2.24) is 14.6 Å². The van der Waals surface area contributed by atoms with Gasteiger partial charge >= 0.3 is 0 Å². The molecule has 29 heavy (non-hydrogen) atoms. The number of nitrogens with zero attached hydrogens (tertiary/aromatic N) is 3. The van der Waals surface area contributed by atoms with E-state index in [0.29, 0.717) is 21.1 Å². The summed E-state index contributed by atoms with van der Waals surface area (Å²) in [6.07, 6.45) is 1.74. The summed E-state index contributed by atoms with van der Waals surface area (Å²) >= 11 is -3.00. The molecule has 0 saturated carbocycles. The number of aromatic nitrogens is 3. The molecule has 0 amide bonds. The van der Waals surface area contributed by atoms with Crippen molar-refractivity contribution in [1.29, 1.82) is 0 Å². The van der Waals surface area contributed by atoms with Crippen LogP contribution in [0, 0.1) is 0 Å². The van der Waals surface area contributed by atoms with Gasteiger partial charge in [0.2, 0.25) is 0 Å². The summed E-state index contributed by atoms with van der Waals surface area (Å²) in [4.78, 5) is 5.56. The maximum absolute atomic E-state index is 11.9. The first-order valence-corrected chi connectivity index (χ1v) is 10.7. The van der Waals surface area contributed by atoms with E-state index in [0.717, 1.165) is 16.8 Å². The summed E-state index contributed by atoms with van der Waals surface area (Å²) in [5.74, 6) is 0. The van der Waals surface area contributed by atoms with Crippen molar-refractivity contribution in [2.24, 2.45) is 0 Å². The third-order valence-corrected chi connectivity index (χ3v) is 6.23. The molecular weight excluding hydrogens is 410 g/mol. The maximum Gasteiger partial charge on any atom is 0.188 e. The van der Waals surface area contributed by atoms with E-state index in [2.05, 4.69) is 4.98 Å². The molecule has 2 aromatic carbocycles. The minimum Gasteiger partial charge on any atom is -0.290 e. The minimum atomic E-state index is -1.52. The molecule has 0 aliphatic rings. The second-order valence-corrected chi connectivity index (χ2v) is 8.54. The van der Waals surface area contributed by atoms with Crippen LogP contribution in [-0.2, 0) is 30.5 Å². The molecule has 0 aliphatic carbocycles. The lowest BCUT2D eigenvalue weighted by atomic mass is 10.1. The average molecular weight is 428 g/mol. The predicted octanol–water partition coefficient (Wildman–Crippen LogP) is 3.40. The zero-order chi connectivity index (χ0) is 20.4. The van der Waals surface area contributed by atoms with Gasteiger partial charge in [-0.05, 0) is 36.4 Å². The van der Waals surface area contributed by atoms with E-state index in [9.17, 15) is 8.42 Å². The molecular formula is C20H17N3O4S2. The van der Waals surface area contributed by atoms with Gasteiger partial charge in [0, 0.05) is 11.1 Å². The molecule has 0 aliphatic heterocycles. The molecule has 2 heterocycles. The number of fused-ring (bicyclic) bond motifs is 1. The molecule has 148 valence electrons. The van der Waals surface area contributed by atoms with Gasteiger partial charge in [0.25, 0.3) is 0 Å². The normalized spacial score (nSPS) is 13.4. The van der Waals surface area contributed by atoms with Gasteiger partial charge < -0.3 is 0 Å². The number of hydrogen-bond donors (Lipinski definition) is 0. The fourth-order valence-electron chi connectivity index (χ4n) is 2.91. The third-order valence-electron chi connectivity index (χ3n) is 4.33. The predicted molar refractivity (Wildman–Crippen MR) is 111 cm³/mol. The van der Waals surface area contributed by atoms with Gasteiger partial charge in [0.15, 0.2) is 27.8 Å². The molecule has 4 aromatic rings. The van der Waals surface area contributed by atoms with Gasteiger partial charge in [-0.2, -0.15) is 5.10 Å². The highest BCUT2D eigenvalue weighted by atomic mass is 32.2. The van der Waals surface area contributed by atoms with Crippen LogP contribution < -0.4 is 0 Å². The van der Waals surface area contributed by atoms with Crippen LogP contribution in [-0.4, -0.2) is 37.2 Å². The molecule has 9 heteroatoms. The summed E-state index contributed by atoms with van der Waals surface area (Å²) < 4.78 is 35.2. The lowest BCUT2D eigenvalue weighted by molar-refractivity contribution is 0.445. The molecule has 0 fully saturated rings. The molecule has 2 unspecified atom stereocenters. The van der Waals surface area contributed by atoms with Gasteiger partial charge in [0.05, 0.1) is 41.6 Å². The summed E-state index contributed by atoms with van der Waals surface area (Å²) in [6, 6.07) is 18.2. The summed E-state index contributed by atoms with van der Waals surface area (Å²) in [7, 11) is 2.80. The van der Waals surface area contributed by atoms with E-state index >= 15 is 0 Å². The van der Waals surface area contributed by atoms with Crippen LogP contribution in [0.2, 0.25) is 0 Å². The van der Waals surface area contributed by atoms with Gasteiger partial charge in [-0.25, -0.2) is 17.9 Å². The molecule has 0 radical (unpaired) electrons. The topological polar surface area (TPSA) is 82.8 Å². The second kappa shape index (κ2) is 8.34. The Kier molecular flexibility index (Phi) is 5.63. The monoisotopic (exact) mass is 427 g/mol. The molecule has 0 spiro atoms. The molecule has 2 aromatic heterocycles. The highest BCUT2D eigenvalue weighted by Gasteiger charge is 2.11. The highest BCUT2D eigenvalue weighted by molar-refractivity contribution is 7.80. The van der Waals surface area contributed by atoms with Crippen molar-refractivity contribution in [3.8, 4) is 22.5 Å². The van der Waals surface area contributed by atoms with Gasteiger partial charge in [-0.1, -0.05) is 24.3 Å². The molecule has 0 bridgehead atoms. The SMILES string of the molecule is COS(=O)c1ccc(-c2cnc3ccc(-c4cccc(S(=O)OC)c4)nn23)cc1. The van der Waals surface area contributed by atoms with Crippen LogP contribution in [0.4, 0.5) is 0 Å². The van der Waals surface area contributed by atoms with E-state index in [1.807, 2.05) is 36.4 Å². The summed E-state index contributed by atoms with van der Waals surface area (Å²) in [6.45, 7) is 0. The lowest BCUT2D eigenvalue weighted by Gasteiger charge is -2.07. The third kappa shape index (κ3) is 3.90. The standard InChI is InChI=1S/C20H17N3O4S2/c1-26-28(24)16-8-6-14(7-9-16)19-13-21-20-11-10-18(22-23(19)20)15-4-3-5-17(12-15)29(25)27-2/h3-13H,1-2H3. The Hall–Kier alpha value is -2.72. The fourth-order valence-corrected chi connectivity index (χ4v) is 4.07. The van der Waals surface area contributed by atoms with Crippen LogP contribution in [0.15, 0.2) is 76.7 Å². The van der Waals surface area contributed by atoms with Gasteiger partial charge in [-0.3, -0.25) is 8.37 Å². The number of hydrogen-bond acceptors (Lipinski definition) is 6. The van der Waals surface area contributed by atoms with Gasteiger partial charge in [-0.15, -0.1) is 0 Å². The second-order valence-electron chi connectivity index (χ2n) is 5.99. The van der Waals surface area contributed by atoms with Crippen LogP contribution in [0.1, 0.15) is 0 Å². The van der Waals surface area contributed by atoms with Crippen LogP contribution in [0.5, 0.6) is 0 Å². The van der Waals surface area contributed by atoms with Crippen molar-refractivity contribution in [2.75, 3.05) is 14.2 Å². The smallest absolute Gasteiger partial charge is 0.188 e. The van der Waals surface area contributed by atoms with Crippen LogP contribution >= 0.6 is 0 Å². The van der Waals surface area contributed by atoms with E-state index in [-0.39, 0.29) is 0 Å². The van der Waals surface area contributed by atoms with E-state index in [1.54, 1.807) is 35.0 Å². The summed E-state index contributed by atoms with van der Waals surface area (Å²) in [5, 5.41) is 4.71. The largest absolute Gasteiger partial charge is 0.290 e. The number of imidazole rings is 1. The van der Waals surface area contributed by atoms with Crippen molar-refractivity contribution in [3.63, 3.8) is 0 Å². The first kappa shape index (κ1) is 19.6. The Morgan fingerprint density at radius 1 is 0.828 bits per heavy atom. The first-order valence-electron chi connectivity index (χ1n) is 8.59. The van der Waals surface area contributed by atoms with Crippen molar-refractivity contribution < 1.29 is 16.8 Å². The molecule has 7 nitrogen and oxygen atoms in total. The highest BCUT2D eigenvalue weighted by Crippen LogP contribution is 2.25. The molecule has 4 rings (SSSR count). The quantitative estimate of drug-likeness (QED) is 0.469. The number of rotatable bonds is 6. The maximum atomic E-state index is 11.9. The molecule has 0 N–H and O–H groups in total. The van der Waals surface area contributed by atoms with Crippen LogP contribution in [0.25, 0.3) is 28.2 Å². The zero-order valence-corrected chi connectivity index (χ0v) is 17.3. The number of benzene rings is 2. The molecule has 0 saturated heterocycles. The Balaban J connectivity index is 1.75. The Labute approximate surface area is 172 Å². The van der Waals surface area contributed by atoms with Crippen molar-refractivity contribution >= 4 is 27.8 Å². The molecule has 2 atom stereocenters. The Morgan fingerprint density at radius 2 is 1.55 bits per heavy atom. The van der Waals surface area contributed by atoms with Crippen molar-refractivity contribution in [2.45, 2.75) is 9.79 Å². The zero-order valence-electron chi connectivity index (χ0n) is 15.6. The van der Waals surface area contributed by atoms with Crippen molar-refractivity contribution in [3.05, 3.63) is 66.9 Å². The van der Waals surface area contributed by atoms with Crippen LogP contribution in [0.3, 0.4) is 0 Å². The van der Waals surface area contributed by atoms with Gasteiger partial charge in [0.1, 0.15) is 0 Å². The fraction of sp³-hybridized carbons (Fsp3) is 0.100. The average Bonchev–Trinajstić information content (AvgIpc) is 3.21. The minimum absolute atomic E-state index is 0.569. The van der Waals surface area contributed by atoms with E-state index in [1.165, 1.54) is 14.2 Å². The first-order chi connectivity index (χ1) is 14.1. The Bertz CT molecular complexity index is 1220. The summed E-state index contributed by atoms with van der Waals surface area (Å²) in [5.41, 5.74) is 3.91. The van der Waals surface area contributed by atoms with E-state index in [4.69, 9.17) is 13.5 Å². The Morgan fingerprint density at radius 3 is 2.28 bits per heavy atom.